The fraction of sp³-hybridized carbons (Fsp3) is 0.167. The summed E-state index contributed by atoms with van der Waals surface area (Å²) < 4.78 is 5.18. The Morgan fingerprint density at radius 2 is 1.91 bits per heavy atom. The van der Waals surface area contributed by atoms with E-state index in [2.05, 4.69) is 31.5 Å². The number of halogens is 1. The van der Waals surface area contributed by atoms with Gasteiger partial charge in [0, 0.05) is 16.6 Å². The minimum Gasteiger partial charge on any atom is -0.508 e. The number of phenols is 1. The molecule has 0 aliphatic rings. The van der Waals surface area contributed by atoms with Gasteiger partial charge in [-0.15, -0.1) is 11.3 Å². The highest BCUT2D eigenvalue weighted by Gasteiger charge is 2.19. The van der Waals surface area contributed by atoms with Crippen LogP contribution in [0, 0.1) is 13.8 Å². The predicted octanol–water partition coefficient (Wildman–Crippen LogP) is 4.10. The van der Waals surface area contributed by atoms with Crippen LogP contribution >= 0.6 is 27.3 Å². The van der Waals surface area contributed by atoms with Gasteiger partial charge in [0.2, 0.25) is 0 Å². The number of hydrogen-bond acceptors (Lipinski definition) is 7. The zero-order chi connectivity index (χ0) is 24.8. The number of ether oxygens (including phenoxy) is 1. The average Bonchev–Trinajstić information content (AvgIpc) is 3.12. The van der Waals surface area contributed by atoms with Gasteiger partial charge in [0.05, 0.1) is 28.3 Å². The third-order valence-electron chi connectivity index (χ3n) is 4.71. The zero-order valence-electron chi connectivity index (χ0n) is 18.6. The lowest BCUT2D eigenvalue weighted by atomic mass is 10.1. The number of nitrogens with zero attached hydrogens (tertiary/aromatic N) is 1. The van der Waals surface area contributed by atoms with Gasteiger partial charge in [-0.1, -0.05) is 12.1 Å². The van der Waals surface area contributed by atoms with Gasteiger partial charge in [-0.2, -0.15) is 0 Å². The van der Waals surface area contributed by atoms with Crippen molar-refractivity contribution in [2.24, 2.45) is 0 Å². The van der Waals surface area contributed by atoms with Gasteiger partial charge in [-0.3, -0.25) is 9.59 Å². The molecule has 0 radical (unpaired) electrons. The average molecular weight is 544 g/mol. The van der Waals surface area contributed by atoms with Crippen LogP contribution in [0.2, 0.25) is 0 Å². The molecule has 34 heavy (non-hydrogen) atoms. The molecule has 0 atom stereocenters. The van der Waals surface area contributed by atoms with E-state index in [1.165, 1.54) is 42.7 Å². The maximum Gasteiger partial charge on any atom is 0.354 e. The Balaban J connectivity index is 1.74. The molecule has 0 saturated heterocycles. The first-order valence-electron chi connectivity index (χ1n) is 10.1. The number of aromatic nitrogens is 1. The molecule has 8 nitrogen and oxygen atoms in total. The Kier molecular flexibility index (Phi) is 8.19. The Bertz CT molecular complexity index is 1290. The first-order valence-corrected chi connectivity index (χ1v) is 11.7. The maximum atomic E-state index is 12.9. The lowest BCUT2D eigenvalue weighted by molar-refractivity contribution is -0.136. The first kappa shape index (κ1) is 25.1. The number of hydrogen-bond donors (Lipinski definition) is 3. The largest absolute Gasteiger partial charge is 0.508 e. The van der Waals surface area contributed by atoms with Gasteiger partial charge < -0.3 is 20.5 Å². The van der Waals surface area contributed by atoms with E-state index in [4.69, 9.17) is 4.74 Å². The van der Waals surface area contributed by atoms with E-state index in [1.807, 2.05) is 13.8 Å². The van der Waals surface area contributed by atoms with Crippen molar-refractivity contribution < 1.29 is 24.2 Å². The van der Waals surface area contributed by atoms with Crippen LogP contribution in [-0.2, 0) is 16.1 Å². The highest BCUT2D eigenvalue weighted by Crippen LogP contribution is 2.22. The van der Waals surface area contributed by atoms with E-state index in [1.54, 1.807) is 24.3 Å². The van der Waals surface area contributed by atoms with Gasteiger partial charge in [-0.25, -0.2) is 9.78 Å². The Hall–Kier alpha value is -3.50. The molecular formula is C24H22BrN3O5S. The standard InChI is InChI=1S/C24H22BrN3O5S/c1-13-21(34-14(2)27-13)11-20(24(32)33-3)28-23(31)18-8-7-16(10-19(18)25)22(30)26-12-15-5-4-6-17(29)9-15/h4-11,29H,12H2,1-3H3,(H,26,30)(H,28,31). The third-order valence-corrected chi connectivity index (χ3v) is 6.38. The Morgan fingerprint density at radius 1 is 1.15 bits per heavy atom. The smallest absolute Gasteiger partial charge is 0.354 e. The molecule has 0 unspecified atom stereocenters. The molecule has 2 amide bonds. The lowest BCUT2D eigenvalue weighted by Gasteiger charge is -2.11. The lowest BCUT2D eigenvalue weighted by Crippen LogP contribution is -2.28. The molecule has 3 aromatic rings. The van der Waals surface area contributed by atoms with E-state index in [-0.39, 0.29) is 29.5 Å². The van der Waals surface area contributed by atoms with Crippen molar-refractivity contribution in [1.29, 1.82) is 0 Å². The van der Waals surface area contributed by atoms with Crippen LogP contribution in [0.5, 0.6) is 5.75 Å². The van der Waals surface area contributed by atoms with Crippen LogP contribution in [-0.4, -0.2) is 35.0 Å². The Morgan fingerprint density at radius 3 is 2.53 bits per heavy atom. The molecule has 1 aromatic heterocycles. The molecule has 3 N–H and O–H groups in total. The van der Waals surface area contributed by atoms with Gasteiger partial charge in [0.25, 0.3) is 11.8 Å². The minimum atomic E-state index is -0.696. The van der Waals surface area contributed by atoms with Crippen molar-refractivity contribution in [3.63, 3.8) is 0 Å². The second-order valence-corrected chi connectivity index (χ2v) is 9.32. The molecule has 176 valence electrons. The van der Waals surface area contributed by atoms with Crippen molar-refractivity contribution in [3.05, 3.63) is 84.9 Å². The normalized spacial score (nSPS) is 11.1. The summed E-state index contributed by atoms with van der Waals surface area (Å²) in [6.45, 7) is 3.90. The van der Waals surface area contributed by atoms with E-state index in [9.17, 15) is 19.5 Å². The van der Waals surface area contributed by atoms with Crippen LogP contribution in [0.3, 0.4) is 0 Å². The van der Waals surface area contributed by atoms with Crippen LogP contribution in [0.25, 0.3) is 6.08 Å². The first-order chi connectivity index (χ1) is 16.2. The second kappa shape index (κ2) is 11.1. The van der Waals surface area contributed by atoms with Gasteiger partial charge >= 0.3 is 5.97 Å². The van der Waals surface area contributed by atoms with Crippen LogP contribution in [0.4, 0.5) is 0 Å². The number of nitrogens with one attached hydrogen (secondary N) is 2. The number of amides is 2. The summed E-state index contributed by atoms with van der Waals surface area (Å²) in [7, 11) is 1.23. The molecule has 2 aromatic carbocycles. The van der Waals surface area contributed by atoms with E-state index < -0.39 is 11.9 Å². The SMILES string of the molecule is COC(=O)C(=Cc1sc(C)nc1C)NC(=O)c1ccc(C(=O)NCc2cccc(O)c2)cc1Br. The summed E-state index contributed by atoms with van der Waals surface area (Å²) in [5, 5.41) is 15.7. The number of methoxy groups -OCH3 is 1. The van der Waals surface area contributed by atoms with Crippen molar-refractivity contribution in [2.45, 2.75) is 20.4 Å². The quantitative estimate of drug-likeness (QED) is 0.305. The number of aromatic hydroxyl groups is 1. The summed E-state index contributed by atoms with van der Waals surface area (Å²) >= 11 is 4.72. The highest BCUT2D eigenvalue weighted by atomic mass is 79.9. The molecular weight excluding hydrogens is 522 g/mol. The fourth-order valence-corrected chi connectivity index (χ4v) is 4.48. The third kappa shape index (κ3) is 6.30. The molecule has 0 aliphatic carbocycles. The summed E-state index contributed by atoms with van der Waals surface area (Å²) in [6.07, 6.45) is 1.53. The summed E-state index contributed by atoms with van der Waals surface area (Å²) in [6, 6.07) is 11.1. The number of aryl methyl sites for hydroxylation is 2. The molecule has 10 heteroatoms. The highest BCUT2D eigenvalue weighted by molar-refractivity contribution is 9.10. The minimum absolute atomic E-state index is 0.0286. The number of phenolic OH excluding ortho intramolecular Hbond substituents is 1. The van der Waals surface area contributed by atoms with Crippen molar-refractivity contribution >= 4 is 51.1 Å². The Labute approximate surface area is 208 Å². The van der Waals surface area contributed by atoms with E-state index in [0.29, 0.717) is 10.0 Å². The topological polar surface area (TPSA) is 118 Å². The maximum absolute atomic E-state index is 12.9. The molecule has 0 bridgehead atoms. The number of esters is 1. The summed E-state index contributed by atoms with van der Waals surface area (Å²) in [4.78, 5) is 42.7. The molecule has 0 fully saturated rings. The van der Waals surface area contributed by atoms with Crippen molar-refractivity contribution in [2.75, 3.05) is 7.11 Å². The molecule has 0 saturated carbocycles. The summed E-state index contributed by atoms with van der Waals surface area (Å²) in [5.41, 5.74) is 2.02. The molecule has 3 rings (SSSR count). The number of benzene rings is 2. The monoisotopic (exact) mass is 543 g/mol. The van der Waals surface area contributed by atoms with Crippen LogP contribution < -0.4 is 10.6 Å². The number of rotatable bonds is 7. The zero-order valence-corrected chi connectivity index (χ0v) is 21.0. The van der Waals surface area contributed by atoms with Gasteiger partial charge in [-0.05, 0) is 71.7 Å². The van der Waals surface area contributed by atoms with E-state index >= 15 is 0 Å². The number of thiazole rings is 1. The van der Waals surface area contributed by atoms with Crippen LogP contribution in [0.15, 0.2) is 52.6 Å². The van der Waals surface area contributed by atoms with Crippen molar-refractivity contribution in [3.8, 4) is 5.75 Å². The number of carbonyl (C=O) groups is 3. The summed E-state index contributed by atoms with van der Waals surface area (Å²) in [5.74, 6) is -1.47. The fourth-order valence-electron chi connectivity index (χ4n) is 3.05. The van der Waals surface area contributed by atoms with Crippen molar-refractivity contribution in [1.82, 2.24) is 15.6 Å². The van der Waals surface area contributed by atoms with E-state index in [0.717, 1.165) is 21.1 Å². The molecule has 1 heterocycles. The van der Waals surface area contributed by atoms with Gasteiger partial charge in [0.15, 0.2) is 0 Å². The number of carbonyl (C=O) groups excluding carboxylic acids is 3. The predicted molar refractivity (Wildman–Crippen MR) is 132 cm³/mol. The van der Waals surface area contributed by atoms with Crippen LogP contribution in [0.1, 0.15) is 41.9 Å². The molecule has 0 spiro atoms. The van der Waals surface area contributed by atoms with Gasteiger partial charge in [0.1, 0.15) is 11.4 Å². The molecule has 0 aliphatic heterocycles. The second-order valence-electron chi connectivity index (χ2n) is 7.23.